The van der Waals surface area contributed by atoms with E-state index in [-0.39, 0.29) is 5.25 Å². The molecule has 0 heterocycles. The van der Waals surface area contributed by atoms with Gasteiger partial charge in [-0.2, -0.15) is 0 Å². The molecule has 0 bridgehead atoms. The summed E-state index contributed by atoms with van der Waals surface area (Å²) in [6.45, 7) is 6.13. The van der Waals surface area contributed by atoms with E-state index in [0.29, 0.717) is 6.61 Å². The third-order valence-corrected chi connectivity index (χ3v) is 5.16. The van der Waals surface area contributed by atoms with Gasteiger partial charge in [0.2, 0.25) is 0 Å². The van der Waals surface area contributed by atoms with Crippen LogP contribution in [-0.4, -0.2) is 36.0 Å². The molecule has 0 aromatic heterocycles. The lowest BCUT2D eigenvalue weighted by Crippen LogP contribution is -2.21. The van der Waals surface area contributed by atoms with E-state index >= 15 is 0 Å². The minimum Gasteiger partial charge on any atom is -0.493 e. The molecule has 0 fully saturated rings. The van der Waals surface area contributed by atoms with Crippen molar-refractivity contribution in [1.82, 2.24) is 5.32 Å². The summed E-state index contributed by atoms with van der Waals surface area (Å²) >= 11 is 3.52. The van der Waals surface area contributed by atoms with Gasteiger partial charge in [-0.3, -0.25) is 4.21 Å². The molecule has 0 saturated heterocycles. The number of hydrogen-bond donors (Lipinski definition) is 1. The van der Waals surface area contributed by atoms with Crippen LogP contribution in [0.2, 0.25) is 0 Å². The predicted octanol–water partition coefficient (Wildman–Crippen LogP) is 3.10. The van der Waals surface area contributed by atoms with E-state index in [9.17, 15) is 4.21 Å². The third kappa shape index (κ3) is 5.96. The fraction of sp³-hybridized carbons (Fsp3) is 0.600. The van der Waals surface area contributed by atoms with Gasteiger partial charge >= 0.3 is 0 Å². The standard InChI is InChI=1S/C15H24BrNO3S/c1-5-20-15-13(16)8-12(9-14(15)19-3)10-17-7-6-11(2)21(4)18/h8-9,11,17H,5-7,10H2,1-4H3. The molecule has 0 aliphatic heterocycles. The van der Waals surface area contributed by atoms with Crippen LogP contribution < -0.4 is 14.8 Å². The maximum atomic E-state index is 11.3. The molecule has 6 heteroatoms. The Morgan fingerprint density at radius 1 is 1.43 bits per heavy atom. The maximum absolute atomic E-state index is 11.3. The monoisotopic (exact) mass is 377 g/mol. The first-order valence-electron chi connectivity index (χ1n) is 7.01. The van der Waals surface area contributed by atoms with E-state index in [0.717, 1.165) is 41.0 Å². The molecule has 4 nitrogen and oxygen atoms in total. The molecule has 0 radical (unpaired) electrons. The van der Waals surface area contributed by atoms with Crippen molar-refractivity contribution in [3.8, 4) is 11.5 Å². The highest BCUT2D eigenvalue weighted by atomic mass is 79.9. The van der Waals surface area contributed by atoms with Crippen LogP contribution >= 0.6 is 15.9 Å². The van der Waals surface area contributed by atoms with Gasteiger partial charge in [0.25, 0.3) is 0 Å². The molecule has 1 aromatic rings. The average molecular weight is 378 g/mol. The summed E-state index contributed by atoms with van der Waals surface area (Å²) in [5.41, 5.74) is 1.12. The number of methoxy groups -OCH3 is 1. The summed E-state index contributed by atoms with van der Waals surface area (Å²) in [5, 5.41) is 3.59. The van der Waals surface area contributed by atoms with Crippen molar-refractivity contribution in [2.75, 3.05) is 26.5 Å². The highest BCUT2D eigenvalue weighted by molar-refractivity contribution is 9.10. The molecule has 2 unspecified atom stereocenters. The molecule has 21 heavy (non-hydrogen) atoms. The van der Waals surface area contributed by atoms with Gasteiger partial charge in [-0.25, -0.2) is 0 Å². The summed E-state index contributed by atoms with van der Waals surface area (Å²) < 4.78 is 23.1. The van der Waals surface area contributed by atoms with E-state index in [1.165, 1.54) is 0 Å². The summed E-state index contributed by atoms with van der Waals surface area (Å²) in [6, 6.07) is 4.01. The number of ether oxygens (including phenoxy) is 2. The Morgan fingerprint density at radius 2 is 2.14 bits per heavy atom. The zero-order chi connectivity index (χ0) is 15.8. The smallest absolute Gasteiger partial charge is 0.175 e. The minimum atomic E-state index is -0.757. The predicted molar refractivity (Wildman–Crippen MR) is 91.7 cm³/mol. The van der Waals surface area contributed by atoms with E-state index in [4.69, 9.17) is 9.47 Å². The number of hydrogen-bond acceptors (Lipinski definition) is 4. The molecule has 1 rings (SSSR count). The van der Waals surface area contributed by atoms with E-state index in [1.54, 1.807) is 13.4 Å². The Labute approximate surface area is 138 Å². The van der Waals surface area contributed by atoms with Gasteiger partial charge in [-0.1, -0.05) is 6.92 Å². The summed E-state index contributed by atoms with van der Waals surface area (Å²) in [4.78, 5) is 0. The van der Waals surface area contributed by atoms with Gasteiger partial charge in [0.1, 0.15) is 0 Å². The van der Waals surface area contributed by atoms with Crippen LogP contribution in [0.25, 0.3) is 0 Å². The van der Waals surface area contributed by atoms with E-state index < -0.39 is 10.8 Å². The number of benzene rings is 1. The molecule has 0 aliphatic rings. The summed E-state index contributed by atoms with van der Waals surface area (Å²) in [6.07, 6.45) is 2.65. The normalized spacial score (nSPS) is 13.8. The molecule has 1 N–H and O–H groups in total. The lowest BCUT2D eigenvalue weighted by Gasteiger charge is -2.14. The van der Waals surface area contributed by atoms with Crippen LogP contribution in [0.5, 0.6) is 11.5 Å². The zero-order valence-corrected chi connectivity index (χ0v) is 15.5. The highest BCUT2D eigenvalue weighted by Gasteiger charge is 2.11. The Bertz CT molecular complexity index is 482. The van der Waals surface area contributed by atoms with Gasteiger partial charge in [0.15, 0.2) is 11.5 Å². The van der Waals surface area contributed by atoms with E-state index in [1.807, 2.05) is 26.0 Å². The van der Waals surface area contributed by atoms with Crippen LogP contribution in [0.1, 0.15) is 25.8 Å². The van der Waals surface area contributed by atoms with Crippen molar-refractivity contribution in [1.29, 1.82) is 0 Å². The Morgan fingerprint density at radius 3 is 2.71 bits per heavy atom. The molecule has 1 aromatic carbocycles. The Hall–Kier alpha value is -0.590. The lowest BCUT2D eigenvalue weighted by atomic mass is 10.2. The Balaban J connectivity index is 2.60. The fourth-order valence-electron chi connectivity index (χ4n) is 1.86. The van der Waals surface area contributed by atoms with Crippen LogP contribution in [-0.2, 0) is 17.3 Å². The second-order valence-corrected chi connectivity index (χ2v) is 7.47. The SMILES string of the molecule is CCOc1c(Br)cc(CNCCC(C)S(C)=O)cc1OC. The highest BCUT2D eigenvalue weighted by Crippen LogP contribution is 2.36. The fourth-order valence-corrected chi connectivity index (χ4v) is 2.92. The second-order valence-electron chi connectivity index (χ2n) is 4.82. The first-order valence-corrected chi connectivity index (χ1v) is 9.43. The molecule has 0 saturated carbocycles. The van der Waals surface area contributed by atoms with Crippen LogP contribution in [0.4, 0.5) is 0 Å². The number of rotatable bonds is 9. The van der Waals surface area contributed by atoms with Gasteiger partial charge in [-0.05, 0) is 53.5 Å². The zero-order valence-electron chi connectivity index (χ0n) is 13.1. The van der Waals surface area contributed by atoms with E-state index in [2.05, 4.69) is 21.2 Å². The minimum absolute atomic E-state index is 0.221. The van der Waals surface area contributed by atoms with Crippen molar-refractivity contribution in [2.24, 2.45) is 0 Å². The summed E-state index contributed by atoms with van der Waals surface area (Å²) in [5.74, 6) is 1.46. The molecule has 0 spiro atoms. The van der Waals surface area contributed by atoms with Gasteiger partial charge in [0, 0.05) is 28.9 Å². The molecule has 120 valence electrons. The van der Waals surface area contributed by atoms with Crippen molar-refractivity contribution in [3.05, 3.63) is 22.2 Å². The van der Waals surface area contributed by atoms with Crippen molar-refractivity contribution in [3.63, 3.8) is 0 Å². The van der Waals surface area contributed by atoms with Crippen LogP contribution in [0.3, 0.4) is 0 Å². The average Bonchev–Trinajstić information content (AvgIpc) is 2.45. The lowest BCUT2D eigenvalue weighted by molar-refractivity contribution is 0.308. The van der Waals surface area contributed by atoms with Crippen molar-refractivity contribution < 1.29 is 13.7 Å². The molecule has 0 aliphatic carbocycles. The topological polar surface area (TPSA) is 47.6 Å². The molecule has 2 atom stereocenters. The first kappa shape index (κ1) is 18.5. The summed E-state index contributed by atoms with van der Waals surface area (Å²) in [7, 11) is 0.882. The number of halogens is 1. The third-order valence-electron chi connectivity index (χ3n) is 3.20. The van der Waals surface area contributed by atoms with Gasteiger partial charge in [0.05, 0.1) is 18.2 Å². The molecular weight excluding hydrogens is 354 g/mol. The molecular formula is C15H24BrNO3S. The van der Waals surface area contributed by atoms with Crippen LogP contribution in [0, 0.1) is 0 Å². The largest absolute Gasteiger partial charge is 0.493 e. The first-order chi connectivity index (χ1) is 9.99. The van der Waals surface area contributed by atoms with Gasteiger partial charge < -0.3 is 14.8 Å². The maximum Gasteiger partial charge on any atom is 0.175 e. The second kappa shape index (κ2) is 9.43. The quantitative estimate of drug-likeness (QED) is 0.671. The number of nitrogens with one attached hydrogen (secondary N) is 1. The Kier molecular flexibility index (Phi) is 8.29. The van der Waals surface area contributed by atoms with Crippen molar-refractivity contribution in [2.45, 2.75) is 32.1 Å². The van der Waals surface area contributed by atoms with Crippen LogP contribution in [0.15, 0.2) is 16.6 Å². The van der Waals surface area contributed by atoms with Gasteiger partial charge in [-0.15, -0.1) is 0 Å². The molecule has 0 amide bonds. The van der Waals surface area contributed by atoms with Crippen molar-refractivity contribution >= 4 is 26.7 Å².